The number of allylic oxidation sites excluding steroid dienone is 2. The highest BCUT2D eigenvalue weighted by atomic mass is 16.5. The molecular weight excluding hydrogens is 464 g/mol. The molecule has 192 valence electrons. The molecule has 0 amide bonds. The Morgan fingerprint density at radius 2 is 0.889 bits per heavy atom. The normalized spacial score (nSPS) is 11.2. The minimum Gasteiger partial charge on any atom is -0.486 e. The first kappa shape index (κ1) is 28.3. The van der Waals surface area contributed by atoms with Gasteiger partial charge in [-0.3, -0.25) is 19.2 Å². The molecule has 36 heavy (non-hydrogen) atoms. The monoisotopic (exact) mass is 496 g/mol. The Kier molecular flexibility index (Phi) is 11.4. The summed E-state index contributed by atoms with van der Waals surface area (Å²) in [6.45, 7) is 5.73. The smallest absolute Gasteiger partial charge is 0.303 e. The van der Waals surface area contributed by atoms with Crippen LogP contribution in [0.4, 0.5) is 0 Å². The van der Waals surface area contributed by atoms with Crippen molar-refractivity contribution in [2.45, 2.75) is 40.5 Å². The van der Waals surface area contributed by atoms with E-state index in [-0.39, 0.29) is 38.0 Å². The molecule has 2 aromatic rings. The Labute approximate surface area is 211 Å². The lowest BCUT2D eigenvalue weighted by molar-refractivity contribution is -0.146. The molecule has 0 saturated carbocycles. The summed E-state index contributed by atoms with van der Waals surface area (Å²) < 4.78 is 20.3. The van der Waals surface area contributed by atoms with Gasteiger partial charge in [0.1, 0.15) is 24.7 Å². The molecule has 0 bridgehead atoms. The van der Waals surface area contributed by atoms with Crippen LogP contribution in [0.15, 0.2) is 48.5 Å². The largest absolute Gasteiger partial charge is 0.486 e. The zero-order valence-electron chi connectivity index (χ0n) is 21.1. The molecule has 0 saturated heterocycles. The molecule has 0 N–H and O–H groups in total. The number of rotatable bonds is 14. The van der Waals surface area contributed by atoms with Gasteiger partial charge in [0, 0.05) is 13.8 Å². The maximum Gasteiger partial charge on any atom is 0.303 e. The van der Waals surface area contributed by atoms with Crippen LogP contribution in [-0.2, 0) is 28.7 Å². The van der Waals surface area contributed by atoms with Crippen molar-refractivity contribution in [2.75, 3.05) is 26.4 Å². The van der Waals surface area contributed by atoms with Crippen molar-refractivity contribution in [1.82, 2.24) is 0 Å². The first-order valence-corrected chi connectivity index (χ1v) is 11.7. The van der Waals surface area contributed by atoms with E-state index < -0.39 is 11.9 Å². The lowest BCUT2D eigenvalue weighted by Crippen LogP contribution is -2.18. The Hall–Kier alpha value is -3.94. The lowest BCUT2D eigenvalue weighted by Gasteiger charge is -2.15. The number of hydrogen-bond acceptors (Lipinski definition) is 8. The van der Waals surface area contributed by atoms with E-state index in [2.05, 4.69) is 23.3 Å². The predicted octanol–water partition coefficient (Wildman–Crippen LogP) is 4.44. The van der Waals surface area contributed by atoms with Gasteiger partial charge >= 0.3 is 11.9 Å². The molecule has 0 aromatic heterocycles. The van der Waals surface area contributed by atoms with Crippen molar-refractivity contribution in [3.63, 3.8) is 0 Å². The third kappa shape index (κ3) is 9.37. The molecule has 2 rings (SSSR count). The molecule has 0 aliphatic rings. The molecule has 8 nitrogen and oxygen atoms in total. The van der Waals surface area contributed by atoms with Crippen LogP contribution in [0.5, 0.6) is 11.5 Å². The van der Waals surface area contributed by atoms with Gasteiger partial charge in [-0.15, -0.1) is 0 Å². The number of esters is 2. The molecule has 0 heterocycles. The topological polar surface area (TPSA) is 105 Å². The number of ether oxygens (including phenoxy) is 4. The Morgan fingerprint density at radius 1 is 0.556 bits per heavy atom. The van der Waals surface area contributed by atoms with Crippen LogP contribution in [0.1, 0.15) is 51.7 Å². The van der Waals surface area contributed by atoms with E-state index in [0.29, 0.717) is 11.5 Å². The molecule has 8 heteroatoms. The second-order valence-corrected chi connectivity index (χ2v) is 7.93. The minimum absolute atomic E-state index is 0.174. The molecule has 0 radical (unpaired) electrons. The Morgan fingerprint density at radius 3 is 1.17 bits per heavy atom. The van der Waals surface area contributed by atoms with Gasteiger partial charge in [-0.2, -0.15) is 0 Å². The highest BCUT2D eigenvalue weighted by molar-refractivity contribution is 5.91. The van der Waals surface area contributed by atoms with Crippen molar-refractivity contribution >= 4 is 34.7 Å². The van der Waals surface area contributed by atoms with E-state index in [1.807, 2.05) is 24.3 Å². The summed E-state index contributed by atoms with van der Waals surface area (Å²) in [6.07, 6.45) is 1.63. The van der Waals surface area contributed by atoms with Crippen molar-refractivity contribution in [3.8, 4) is 11.5 Å². The highest BCUT2D eigenvalue weighted by Gasteiger charge is 2.11. The Balaban J connectivity index is 2.06. The number of hydrogen-bond donors (Lipinski definition) is 0. The maximum atomic E-state index is 11.7. The molecule has 0 atom stereocenters. The van der Waals surface area contributed by atoms with Crippen LogP contribution >= 0.6 is 0 Å². The van der Waals surface area contributed by atoms with E-state index in [9.17, 15) is 19.2 Å². The van der Waals surface area contributed by atoms with Gasteiger partial charge in [-0.05, 0) is 59.4 Å². The third-order valence-electron chi connectivity index (χ3n) is 5.15. The Bertz CT molecular complexity index is 994. The van der Waals surface area contributed by atoms with Gasteiger partial charge in [0.15, 0.2) is 13.2 Å². The van der Waals surface area contributed by atoms with Gasteiger partial charge < -0.3 is 18.9 Å². The number of benzene rings is 2. The van der Waals surface area contributed by atoms with Crippen molar-refractivity contribution in [2.24, 2.45) is 0 Å². The van der Waals surface area contributed by atoms with Crippen molar-refractivity contribution in [1.29, 1.82) is 0 Å². The summed E-state index contributed by atoms with van der Waals surface area (Å²) in [7, 11) is 0. The van der Waals surface area contributed by atoms with E-state index >= 15 is 0 Å². The molecule has 0 aliphatic heterocycles. The first-order chi connectivity index (χ1) is 17.2. The van der Waals surface area contributed by atoms with Crippen molar-refractivity contribution in [3.05, 3.63) is 59.7 Å². The minimum atomic E-state index is -0.508. The summed E-state index contributed by atoms with van der Waals surface area (Å²) in [6, 6.07) is 15.0. The predicted molar refractivity (Wildman–Crippen MR) is 135 cm³/mol. The fourth-order valence-corrected chi connectivity index (χ4v) is 3.46. The lowest BCUT2D eigenvalue weighted by atomic mass is 9.91. The average Bonchev–Trinajstić information content (AvgIpc) is 2.87. The zero-order valence-corrected chi connectivity index (χ0v) is 21.1. The zero-order chi connectivity index (χ0) is 26.5. The number of carbonyl (C=O) groups is 4. The van der Waals surface area contributed by atoms with Gasteiger partial charge in [-0.25, -0.2) is 0 Å². The maximum absolute atomic E-state index is 11.7. The number of Topliss-reactive ketones (excluding diaryl/α,β-unsaturated/α-hetero) is 2. The van der Waals surface area contributed by atoms with Crippen LogP contribution < -0.4 is 9.47 Å². The summed E-state index contributed by atoms with van der Waals surface area (Å²) in [5, 5.41) is 0. The van der Waals surface area contributed by atoms with Crippen molar-refractivity contribution < 1.29 is 38.1 Å². The summed E-state index contributed by atoms with van der Waals surface area (Å²) in [5.74, 6) is -0.559. The van der Waals surface area contributed by atoms with Gasteiger partial charge in [0.25, 0.3) is 0 Å². The van der Waals surface area contributed by atoms with E-state index in [1.165, 1.54) is 25.0 Å². The fraction of sp³-hybridized carbons (Fsp3) is 0.357. The molecular formula is C28H32O8. The molecule has 0 fully saturated rings. The SMILES string of the molecule is CC/C(=C(/CC)c1ccc(OCC(=O)COC(C)=O)cc1)c1ccc(OCC(=O)COC(C)=O)cc1. The highest BCUT2D eigenvalue weighted by Crippen LogP contribution is 2.33. The van der Waals surface area contributed by atoms with Crippen LogP contribution in [0.3, 0.4) is 0 Å². The van der Waals surface area contributed by atoms with Crippen LogP contribution in [-0.4, -0.2) is 49.9 Å². The van der Waals surface area contributed by atoms with E-state index in [0.717, 1.165) is 24.0 Å². The summed E-state index contributed by atoms with van der Waals surface area (Å²) in [4.78, 5) is 45.0. The van der Waals surface area contributed by atoms with Crippen LogP contribution in [0.25, 0.3) is 11.1 Å². The molecule has 0 unspecified atom stereocenters. The second-order valence-electron chi connectivity index (χ2n) is 7.93. The number of ketones is 2. The number of carbonyl (C=O) groups excluding carboxylic acids is 4. The van der Waals surface area contributed by atoms with Crippen LogP contribution in [0, 0.1) is 0 Å². The average molecular weight is 497 g/mol. The molecule has 0 spiro atoms. The molecule has 2 aromatic carbocycles. The van der Waals surface area contributed by atoms with E-state index in [4.69, 9.17) is 9.47 Å². The van der Waals surface area contributed by atoms with Crippen LogP contribution in [0.2, 0.25) is 0 Å². The summed E-state index contributed by atoms with van der Waals surface area (Å²) in [5.41, 5.74) is 4.45. The standard InChI is InChI=1S/C28H32O8/c1-5-27(21-7-11-25(12-8-21)35-17-23(31)15-33-19(3)29)28(6-2)22-9-13-26(14-10-22)36-18-24(32)16-34-20(4)30/h7-14H,5-6,15-18H2,1-4H3/b28-27+. The van der Waals surface area contributed by atoms with E-state index in [1.54, 1.807) is 24.3 Å². The first-order valence-electron chi connectivity index (χ1n) is 11.7. The summed E-state index contributed by atoms with van der Waals surface area (Å²) >= 11 is 0. The van der Waals surface area contributed by atoms with Gasteiger partial charge in [0.05, 0.1) is 0 Å². The van der Waals surface area contributed by atoms with Gasteiger partial charge in [-0.1, -0.05) is 38.1 Å². The quantitative estimate of drug-likeness (QED) is 0.279. The molecule has 0 aliphatic carbocycles. The fourth-order valence-electron chi connectivity index (χ4n) is 3.46. The third-order valence-corrected chi connectivity index (χ3v) is 5.15. The van der Waals surface area contributed by atoms with Gasteiger partial charge in [0.2, 0.25) is 11.6 Å². The second kappa shape index (κ2) is 14.5.